The minimum atomic E-state index is -2.89. The lowest BCUT2D eigenvalue weighted by Crippen LogP contribution is -2.14. The van der Waals surface area contributed by atoms with Crippen LogP contribution < -0.4 is 10.1 Å². The first-order chi connectivity index (χ1) is 12.4. The third-order valence-corrected chi connectivity index (χ3v) is 3.73. The smallest absolute Gasteiger partial charge is 0.387 e. The highest BCUT2D eigenvalue weighted by molar-refractivity contribution is 6.30. The monoisotopic (exact) mass is 378 g/mol. The predicted octanol–water partition coefficient (Wildman–Crippen LogP) is 4.08. The van der Waals surface area contributed by atoms with Gasteiger partial charge in [0.2, 0.25) is 0 Å². The van der Waals surface area contributed by atoms with Crippen LogP contribution in [0.1, 0.15) is 16.2 Å². The number of nitrogens with one attached hydrogen (secondary N) is 1. The molecule has 0 atom stereocenters. The van der Waals surface area contributed by atoms with E-state index in [1.165, 1.54) is 28.9 Å². The zero-order valence-electron chi connectivity index (χ0n) is 13.5. The van der Waals surface area contributed by atoms with Crippen LogP contribution >= 0.6 is 11.6 Å². The Bertz CT molecular complexity index is 929. The molecule has 1 N–H and O–H groups in total. The summed E-state index contributed by atoms with van der Waals surface area (Å²) in [6.45, 7) is -1.22. The van der Waals surface area contributed by atoms with Gasteiger partial charge in [-0.1, -0.05) is 22.9 Å². The molecule has 0 saturated heterocycles. The van der Waals surface area contributed by atoms with Gasteiger partial charge in [-0.2, -0.15) is 8.78 Å². The average Bonchev–Trinajstić information content (AvgIpc) is 2.97. The molecule has 0 fully saturated rings. The van der Waals surface area contributed by atoms with Crippen LogP contribution in [0.3, 0.4) is 0 Å². The van der Waals surface area contributed by atoms with Crippen LogP contribution in [0, 0.1) is 6.92 Å². The van der Waals surface area contributed by atoms with Crippen molar-refractivity contribution in [2.75, 3.05) is 5.32 Å². The average molecular weight is 379 g/mol. The number of rotatable bonds is 5. The molecule has 1 aromatic heterocycles. The van der Waals surface area contributed by atoms with Gasteiger partial charge in [0.1, 0.15) is 5.75 Å². The summed E-state index contributed by atoms with van der Waals surface area (Å²) in [7, 11) is 0. The minimum Gasteiger partial charge on any atom is -0.435 e. The van der Waals surface area contributed by atoms with Crippen LogP contribution in [0.5, 0.6) is 5.75 Å². The van der Waals surface area contributed by atoms with E-state index < -0.39 is 12.5 Å². The van der Waals surface area contributed by atoms with E-state index in [0.717, 1.165) is 0 Å². The Morgan fingerprint density at radius 3 is 2.62 bits per heavy atom. The van der Waals surface area contributed by atoms with Crippen LogP contribution in [-0.2, 0) is 0 Å². The molecule has 134 valence electrons. The molecule has 9 heteroatoms. The van der Waals surface area contributed by atoms with Gasteiger partial charge in [-0.3, -0.25) is 4.79 Å². The topological polar surface area (TPSA) is 69.0 Å². The number of aromatic nitrogens is 3. The molecule has 1 heterocycles. The van der Waals surface area contributed by atoms with Gasteiger partial charge in [0, 0.05) is 10.7 Å². The largest absolute Gasteiger partial charge is 0.435 e. The molecular weight excluding hydrogens is 366 g/mol. The summed E-state index contributed by atoms with van der Waals surface area (Å²) < 4.78 is 30.1. The van der Waals surface area contributed by atoms with Crippen molar-refractivity contribution in [1.29, 1.82) is 0 Å². The van der Waals surface area contributed by atoms with E-state index >= 15 is 0 Å². The van der Waals surface area contributed by atoms with Gasteiger partial charge >= 0.3 is 6.61 Å². The second-order valence-electron chi connectivity index (χ2n) is 5.27. The van der Waals surface area contributed by atoms with Crippen LogP contribution in [-0.4, -0.2) is 27.5 Å². The number of halogens is 3. The lowest BCUT2D eigenvalue weighted by molar-refractivity contribution is -0.0498. The summed E-state index contributed by atoms with van der Waals surface area (Å²) >= 11 is 5.89. The molecule has 6 nitrogen and oxygen atoms in total. The van der Waals surface area contributed by atoms with Gasteiger partial charge in [-0.05, 0) is 49.4 Å². The summed E-state index contributed by atoms with van der Waals surface area (Å²) in [5.41, 5.74) is 1.72. The molecule has 2 aromatic carbocycles. The molecule has 0 spiro atoms. The fourth-order valence-electron chi connectivity index (χ4n) is 2.31. The third-order valence-electron chi connectivity index (χ3n) is 3.50. The van der Waals surface area contributed by atoms with Crippen molar-refractivity contribution in [2.24, 2.45) is 0 Å². The Morgan fingerprint density at radius 2 is 1.96 bits per heavy atom. The zero-order valence-corrected chi connectivity index (χ0v) is 14.2. The quantitative estimate of drug-likeness (QED) is 0.726. The zero-order chi connectivity index (χ0) is 18.7. The highest BCUT2D eigenvalue weighted by Gasteiger charge is 2.18. The molecule has 0 unspecified atom stereocenters. The summed E-state index contributed by atoms with van der Waals surface area (Å²) in [5.74, 6) is -0.408. The molecule has 0 aliphatic carbocycles. The van der Waals surface area contributed by atoms with Crippen LogP contribution in [0.25, 0.3) is 5.69 Å². The molecule has 1 amide bonds. The van der Waals surface area contributed by atoms with Crippen molar-refractivity contribution in [3.05, 3.63) is 64.9 Å². The number of alkyl halides is 2. The maximum Gasteiger partial charge on any atom is 0.387 e. The van der Waals surface area contributed by atoms with Crippen LogP contribution in [0.2, 0.25) is 5.02 Å². The van der Waals surface area contributed by atoms with Crippen molar-refractivity contribution in [2.45, 2.75) is 13.5 Å². The summed E-state index contributed by atoms with van der Waals surface area (Å²) in [5, 5.41) is 11.0. The van der Waals surface area contributed by atoms with Crippen molar-refractivity contribution < 1.29 is 18.3 Å². The predicted molar refractivity (Wildman–Crippen MR) is 92.1 cm³/mol. The Balaban J connectivity index is 1.80. The molecule has 0 aliphatic heterocycles. The number of nitrogens with zero attached hydrogens (tertiary/aromatic N) is 3. The third kappa shape index (κ3) is 3.97. The van der Waals surface area contributed by atoms with E-state index in [1.54, 1.807) is 31.2 Å². The molecule has 0 radical (unpaired) electrons. The molecule has 3 rings (SSSR count). The van der Waals surface area contributed by atoms with Crippen LogP contribution in [0.15, 0.2) is 48.5 Å². The number of carbonyl (C=O) groups excluding carboxylic acids is 1. The van der Waals surface area contributed by atoms with Crippen molar-refractivity contribution in [3.63, 3.8) is 0 Å². The molecular formula is C17H13ClF2N4O2. The molecule has 0 saturated carbocycles. The first-order valence-electron chi connectivity index (χ1n) is 7.48. The van der Waals surface area contributed by atoms with E-state index in [4.69, 9.17) is 11.6 Å². The van der Waals surface area contributed by atoms with Gasteiger partial charge in [0.25, 0.3) is 5.91 Å². The Kier molecular flexibility index (Phi) is 5.13. The van der Waals surface area contributed by atoms with Gasteiger partial charge in [-0.15, -0.1) is 5.10 Å². The van der Waals surface area contributed by atoms with E-state index in [1.807, 2.05) is 0 Å². The first-order valence-corrected chi connectivity index (χ1v) is 7.86. The second kappa shape index (κ2) is 7.49. The fraction of sp³-hybridized carbons (Fsp3) is 0.118. The fourth-order valence-corrected chi connectivity index (χ4v) is 2.50. The van der Waals surface area contributed by atoms with Gasteiger partial charge in [-0.25, -0.2) is 4.68 Å². The number of carbonyl (C=O) groups is 1. The van der Waals surface area contributed by atoms with Gasteiger partial charge < -0.3 is 10.1 Å². The maximum absolute atomic E-state index is 12.4. The van der Waals surface area contributed by atoms with Crippen LogP contribution in [0.4, 0.5) is 14.5 Å². The van der Waals surface area contributed by atoms with E-state index in [2.05, 4.69) is 20.4 Å². The Labute approximate surface area is 152 Å². The van der Waals surface area contributed by atoms with E-state index in [0.29, 0.717) is 22.1 Å². The van der Waals surface area contributed by atoms with Crippen molar-refractivity contribution >= 4 is 23.2 Å². The van der Waals surface area contributed by atoms with E-state index in [-0.39, 0.29) is 11.4 Å². The molecule has 3 aromatic rings. The van der Waals surface area contributed by atoms with Crippen molar-refractivity contribution in [3.8, 4) is 11.4 Å². The van der Waals surface area contributed by atoms with Gasteiger partial charge in [0.05, 0.1) is 11.4 Å². The maximum atomic E-state index is 12.4. The number of anilines is 1. The normalized spacial score (nSPS) is 10.8. The lowest BCUT2D eigenvalue weighted by Gasteiger charge is -2.07. The first kappa shape index (κ1) is 17.8. The number of ether oxygens (including phenoxy) is 1. The number of hydrogen-bond acceptors (Lipinski definition) is 4. The SMILES string of the molecule is Cc1c(C(=O)Nc2cccc(Cl)c2)nnn1-c1ccc(OC(F)F)cc1. The number of benzene rings is 2. The van der Waals surface area contributed by atoms with Gasteiger partial charge in [0.15, 0.2) is 5.69 Å². The van der Waals surface area contributed by atoms with E-state index in [9.17, 15) is 13.6 Å². The summed E-state index contributed by atoms with van der Waals surface area (Å²) in [4.78, 5) is 12.4. The Hall–Kier alpha value is -3.00. The molecule has 0 aliphatic rings. The standard InChI is InChI=1S/C17H13ClF2N4O2/c1-10-15(16(25)21-12-4-2-3-11(18)9-12)22-23-24(10)13-5-7-14(8-6-13)26-17(19)20/h2-9,17H,1H3,(H,21,25). The highest BCUT2D eigenvalue weighted by atomic mass is 35.5. The second-order valence-corrected chi connectivity index (χ2v) is 5.71. The molecule has 26 heavy (non-hydrogen) atoms. The summed E-state index contributed by atoms with van der Waals surface area (Å²) in [6, 6.07) is 12.6. The molecule has 0 bridgehead atoms. The van der Waals surface area contributed by atoms with Crippen molar-refractivity contribution in [1.82, 2.24) is 15.0 Å². The lowest BCUT2D eigenvalue weighted by atomic mass is 10.2. The minimum absolute atomic E-state index is 0.0282. The number of amides is 1. The summed E-state index contributed by atoms with van der Waals surface area (Å²) in [6.07, 6.45) is 0. The number of hydrogen-bond donors (Lipinski definition) is 1. The highest BCUT2D eigenvalue weighted by Crippen LogP contribution is 2.20. The Morgan fingerprint density at radius 1 is 1.23 bits per heavy atom.